The van der Waals surface area contributed by atoms with Gasteiger partial charge in [-0.05, 0) is 122 Å². The predicted octanol–water partition coefficient (Wildman–Crippen LogP) is 18.6. The van der Waals surface area contributed by atoms with Gasteiger partial charge in [0.1, 0.15) is 19.8 Å². The Hall–Kier alpha value is -4.37. The fourth-order valence-corrected chi connectivity index (χ4v) is 8.19. The lowest BCUT2D eigenvalue weighted by Gasteiger charge is -2.28. The molecule has 2 unspecified atom stereocenters. The van der Waals surface area contributed by atoms with Crippen molar-refractivity contribution in [1.29, 1.82) is 0 Å². The van der Waals surface area contributed by atoms with E-state index in [9.17, 15) is 19.0 Å². The number of likely N-dealkylation sites (N-methyl/N-ethyl adjacent to an activating group) is 1. The molecule has 0 aromatic heterocycles. The van der Waals surface area contributed by atoms with Crippen LogP contribution in [0.4, 0.5) is 0 Å². The number of unbranched alkanes of at least 4 members (excludes halogenated alkanes) is 13. The highest BCUT2D eigenvalue weighted by Crippen LogP contribution is 2.38. The molecule has 0 spiro atoms. The molecule has 2 atom stereocenters. The Balaban J connectivity index is 4.21. The second kappa shape index (κ2) is 57.3. The molecule has 0 aliphatic rings. The van der Waals surface area contributed by atoms with Gasteiger partial charge < -0.3 is 27.9 Å². The summed E-state index contributed by atoms with van der Waals surface area (Å²) in [6.45, 7) is 3.96. The van der Waals surface area contributed by atoms with Crippen molar-refractivity contribution >= 4 is 19.8 Å². The van der Waals surface area contributed by atoms with Crippen molar-refractivity contribution in [3.05, 3.63) is 158 Å². The third-order valence-electron chi connectivity index (χ3n) is 12.0. The van der Waals surface area contributed by atoms with Crippen LogP contribution in [0.3, 0.4) is 0 Å². The number of hydrogen-bond donors (Lipinski definition) is 0. The molecule has 0 aliphatic carbocycles. The lowest BCUT2D eigenvalue weighted by Crippen LogP contribution is -2.37. The van der Waals surface area contributed by atoms with E-state index >= 15 is 0 Å². The van der Waals surface area contributed by atoms with Crippen LogP contribution in [0.15, 0.2) is 158 Å². The van der Waals surface area contributed by atoms with E-state index in [1.54, 1.807) is 0 Å². The summed E-state index contributed by atoms with van der Waals surface area (Å²) in [5, 5.41) is 0. The first-order valence-electron chi connectivity index (χ1n) is 30.2. The summed E-state index contributed by atoms with van der Waals surface area (Å²) in [6.07, 6.45) is 85.8. The SMILES string of the molecule is CC/C=C\C/C=C\C/C=C\C/C=C\C/C=C\C/C=C\C/C=C\C/C=C\C/C=C\C/C=C\CCCCCCCCC(=O)OC(COC(=O)CCCCCCCCC/C=C\C/C=C\C/C=C\CC)COP(=O)([O-])OCC[N+](C)(C)C. The zero-order valence-electron chi connectivity index (χ0n) is 49.8. The zero-order chi connectivity index (χ0) is 57.0. The minimum absolute atomic E-state index is 0.0447. The molecule has 0 aromatic carbocycles. The third kappa shape index (κ3) is 60.9. The van der Waals surface area contributed by atoms with Gasteiger partial charge in [-0.15, -0.1) is 0 Å². The predicted molar refractivity (Wildman–Crippen MR) is 332 cm³/mol. The number of allylic oxidation sites excluding steroid dienone is 26. The number of esters is 2. The molecule has 78 heavy (non-hydrogen) atoms. The second-order valence-corrected chi connectivity index (χ2v) is 22.0. The highest BCUT2D eigenvalue weighted by Gasteiger charge is 2.21. The first-order valence-corrected chi connectivity index (χ1v) is 31.7. The van der Waals surface area contributed by atoms with Crippen LogP contribution in [0.1, 0.15) is 206 Å². The van der Waals surface area contributed by atoms with Crippen molar-refractivity contribution in [2.24, 2.45) is 0 Å². The van der Waals surface area contributed by atoms with E-state index in [0.29, 0.717) is 23.9 Å². The summed E-state index contributed by atoms with van der Waals surface area (Å²) in [6, 6.07) is 0. The topological polar surface area (TPSA) is 111 Å². The van der Waals surface area contributed by atoms with E-state index in [-0.39, 0.29) is 26.1 Å². The van der Waals surface area contributed by atoms with E-state index in [4.69, 9.17) is 18.5 Å². The second-order valence-electron chi connectivity index (χ2n) is 20.6. The highest BCUT2D eigenvalue weighted by molar-refractivity contribution is 7.45. The van der Waals surface area contributed by atoms with Crippen LogP contribution in [-0.4, -0.2) is 70.0 Å². The Labute approximate surface area is 477 Å². The van der Waals surface area contributed by atoms with Crippen molar-refractivity contribution in [3.8, 4) is 0 Å². The number of ether oxygens (including phenoxy) is 2. The fraction of sp³-hybridized carbons (Fsp3) is 0.588. The summed E-state index contributed by atoms with van der Waals surface area (Å²) >= 11 is 0. The summed E-state index contributed by atoms with van der Waals surface area (Å²) in [5.74, 6) is -0.875. The van der Waals surface area contributed by atoms with E-state index in [1.807, 2.05) is 21.1 Å². The average Bonchev–Trinajstić information content (AvgIpc) is 3.41. The molecule has 0 fully saturated rings. The Morgan fingerprint density at radius 2 is 0.692 bits per heavy atom. The van der Waals surface area contributed by atoms with Gasteiger partial charge in [0, 0.05) is 12.8 Å². The van der Waals surface area contributed by atoms with Crippen LogP contribution < -0.4 is 4.89 Å². The molecular formula is C68H110NO8P. The van der Waals surface area contributed by atoms with Gasteiger partial charge in [-0.25, -0.2) is 0 Å². The fourth-order valence-electron chi connectivity index (χ4n) is 7.46. The Morgan fingerprint density at radius 1 is 0.397 bits per heavy atom. The molecular weight excluding hydrogens is 990 g/mol. The number of carbonyl (C=O) groups is 2. The van der Waals surface area contributed by atoms with Crippen LogP contribution in [0.25, 0.3) is 0 Å². The molecule has 0 saturated heterocycles. The minimum Gasteiger partial charge on any atom is -0.756 e. The number of nitrogens with zero attached hydrogens (tertiary/aromatic N) is 1. The Morgan fingerprint density at radius 3 is 1.03 bits per heavy atom. The van der Waals surface area contributed by atoms with Gasteiger partial charge in [-0.2, -0.15) is 0 Å². The van der Waals surface area contributed by atoms with Gasteiger partial charge in [0.15, 0.2) is 6.10 Å². The van der Waals surface area contributed by atoms with Gasteiger partial charge in [0.2, 0.25) is 0 Å². The summed E-state index contributed by atoms with van der Waals surface area (Å²) in [5.41, 5.74) is 0. The molecule has 0 radical (unpaired) electrons. The van der Waals surface area contributed by atoms with Gasteiger partial charge in [-0.3, -0.25) is 14.2 Å². The normalized spacial score (nSPS) is 14.4. The highest BCUT2D eigenvalue weighted by atomic mass is 31.2. The Kier molecular flexibility index (Phi) is 54.1. The van der Waals surface area contributed by atoms with Gasteiger partial charge >= 0.3 is 11.9 Å². The van der Waals surface area contributed by atoms with E-state index in [0.717, 1.165) is 148 Å². The smallest absolute Gasteiger partial charge is 0.306 e. The number of carbonyl (C=O) groups excluding carboxylic acids is 2. The van der Waals surface area contributed by atoms with Crippen LogP contribution in [0.2, 0.25) is 0 Å². The summed E-state index contributed by atoms with van der Waals surface area (Å²) in [4.78, 5) is 37.9. The largest absolute Gasteiger partial charge is 0.756 e. The molecule has 0 N–H and O–H groups in total. The standard InChI is InChI=1S/C68H110NO8P/c1-6-8-10-12-14-16-18-20-22-24-25-26-27-28-29-30-31-32-33-34-35-36-37-38-39-40-41-42-43-45-47-49-51-53-55-57-59-61-68(71)77-66(65-76-78(72,73)75-63-62-69(3,4)5)64-74-67(70)60-58-56-54-52-50-48-46-44-23-21-19-17-15-13-11-9-7-2/h8-11,14-17,20-23,25-26,28-29,31-32,34-35,37-38,40-41,43,45,66H,6-7,12-13,18-19,24,27,30,33,36,39,42,44,46-65H2,1-5H3/b10-8-,11-9-,16-14-,17-15-,22-20-,23-21-,26-25-,29-28-,32-31-,35-34-,38-37-,41-40-,45-43-. The van der Waals surface area contributed by atoms with Gasteiger partial charge in [0.25, 0.3) is 7.82 Å². The molecule has 0 bridgehead atoms. The van der Waals surface area contributed by atoms with Crippen LogP contribution in [0.5, 0.6) is 0 Å². The van der Waals surface area contributed by atoms with Crippen molar-refractivity contribution < 1.29 is 42.1 Å². The molecule has 0 rings (SSSR count). The molecule has 9 nitrogen and oxygen atoms in total. The molecule has 0 aromatic rings. The van der Waals surface area contributed by atoms with E-state index in [2.05, 4.69) is 172 Å². The molecule has 10 heteroatoms. The molecule has 0 saturated carbocycles. The molecule has 0 heterocycles. The average molecular weight is 1100 g/mol. The number of hydrogen-bond acceptors (Lipinski definition) is 8. The number of quaternary nitrogens is 1. The van der Waals surface area contributed by atoms with E-state index in [1.165, 1.54) is 19.3 Å². The van der Waals surface area contributed by atoms with Gasteiger partial charge in [-0.1, -0.05) is 230 Å². The summed E-state index contributed by atoms with van der Waals surface area (Å²) < 4.78 is 34.1. The van der Waals surface area contributed by atoms with Gasteiger partial charge in [0.05, 0.1) is 27.7 Å². The lowest BCUT2D eigenvalue weighted by molar-refractivity contribution is -0.870. The molecule has 440 valence electrons. The van der Waals surface area contributed by atoms with Crippen LogP contribution in [-0.2, 0) is 32.7 Å². The number of phosphoric ester groups is 1. The first kappa shape index (κ1) is 73.6. The maximum Gasteiger partial charge on any atom is 0.306 e. The van der Waals surface area contributed by atoms with Crippen LogP contribution in [0, 0.1) is 0 Å². The zero-order valence-corrected chi connectivity index (χ0v) is 50.7. The third-order valence-corrected chi connectivity index (χ3v) is 13.0. The first-order chi connectivity index (χ1) is 38.0. The molecule has 0 amide bonds. The lowest BCUT2D eigenvalue weighted by atomic mass is 10.1. The number of rotatable bonds is 53. The van der Waals surface area contributed by atoms with Crippen LogP contribution >= 0.6 is 7.82 Å². The maximum atomic E-state index is 12.8. The monoisotopic (exact) mass is 1100 g/mol. The van der Waals surface area contributed by atoms with E-state index < -0.39 is 32.5 Å². The van der Waals surface area contributed by atoms with Crippen molar-refractivity contribution in [1.82, 2.24) is 0 Å². The molecule has 0 aliphatic heterocycles. The van der Waals surface area contributed by atoms with Crippen molar-refractivity contribution in [2.45, 2.75) is 213 Å². The van der Waals surface area contributed by atoms with Crippen molar-refractivity contribution in [2.75, 3.05) is 47.5 Å². The maximum absolute atomic E-state index is 12.8. The minimum atomic E-state index is -4.65. The Bertz CT molecular complexity index is 1870. The van der Waals surface area contributed by atoms with Crippen molar-refractivity contribution in [3.63, 3.8) is 0 Å². The summed E-state index contributed by atoms with van der Waals surface area (Å²) in [7, 11) is 1.12. The quantitative estimate of drug-likeness (QED) is 0.0195. The number of phosphoric acid groups is 1.